The summed E-state index contributed by atoms with van der Waals surface area (Å²) >= 11 is 0. The zero-order chi connectivity index (χ0) is 41.4. The third-order valence-electron chi connectivity index (χ3n) is 14.4. The molecule has 0 saturated carbocycles. The lowest BCUT2D eigenvalue weighted by molar-refractivity contribution is 0.403. The Balaban J connectivity index is 1.20. The van der Waals surface area contributed by atoms with E-state index in [-0.39, 0.29) is 17.5 Å². The molecule has 294 valence electrons. The van der Waals surface area contributed by atoms with Crippen molar-refractivity contribution in [1.82, 2.24) is 0 Å². The Morgan fingerprint density at radius 2 is 1.03 bits per heavy atom. The molecule has 2 heterocycles. The highest BCUT2D eigenvalue weighted by atomic mass is 15.2. The summed E-state index contributed by atoms with van der Waals surface area (Å²) in [5.41, 5.74) is 27.7. The van der Waals surface area contributed by atoms with E-state index >= 15 is 0 Å². The van der Waals surface area contributed by atoms with Gasteiger partial charge in [0, 0.05) is 34.0 Å². The second-order valence-electron chi connectivity index (χ2n) is 19.4. The van der Waals surface area contributed by atoms with Crippen LogP contribution in [0.4, 0.5) is 34.1 Å². The average molecular weight is 785 g/mol. The summed E-state index contributed by atoms with van der Waals surface area (Å²) < 4.78 is 0. The van der Waals surface area contributed by atoms with E-state index in [1.54, 1.807) is 0 Å². The summed E-state index contributed by atoms with van der Waals surface area (Å²) in [5.74, 6) is 0. The van der Waals surface area contributed by atoms with Crippen molar-refractivity contribution in [3.8, 4) is 33.4 Å². The van der Waals surface area contributed by atoms with E-state index in [1.165, 1.54) is 117 Å². The van der Waals surface area contributed by atoms with Crippen molar-refractivity contribution in [3.05, 3.63) is 197 Å². The largest absolute Gasteiger partial charge is 0.311 e. The molecule has 0 N–H and O–H groups in total. The zero-order valence-corrected chi connectivity index (χ0v) is 36.0. The van der Waals surface area contributed by atoms with Crippen molar-refractivity contribution in [3.63, 3.8) is 0 Å². The van der Waals surface area contributed by atoms with E-state index in [2.05, 4.69) is 215 Å². The lowest BCUT2D eigenvalue weighted by Gasteiger charge is -2.45. The van der Waals surface area contributed by atoms with Gasteiger partial charge in [0.05, 0.1) is 5.69 Å². The van der Waals surface area contributed by atoms with Gasteiger partial charge in [-0.3, -0.25) is 0 Å². The third kappa shape index (κ3) is 5.36. The minimum atomic E-state index is 0.0261. The quantitative estimate of drug-likeness (QED) is 0.164. The molecule has 8 aromatic carbocycles. The first-order chi connectivity index (χ1) is 29.6. The predicted molar refractivity (Wildman–Crippen MR) is 260 cm³/mol. The molecule has 4 aliphatic rings. The molecule has 0 bridgehead atoms. The van der Waals surface area contributed by atoms with E-state index in [9.17, 15) is 0 Å². The second-order valence-corrected chi connectivity index (χ2v) is 19.4. The minimum Gasteiger partial charge on any atom is -0.311 e. The van der Waals surface area contributed by atoms with Crippen LogP contribution in [0, 0.1) is 13.8 Å². The standard InChI is InChI=1S/C58H49BN2/c1-36-28-53-56-54(29-36)61(51-32-41(25-24-37(51)2)39-18-11-8-12-19-39)52-34-46-45(57(3,4)35-58(46,5)6)33-48(52)59(56)47-31-40(38-16-9-7-10-17-38)26-27-49(47)60(53)50-23-15-21-43-30-42-20-13-14-22-44(42)55(43)50/h7-29,31-34H,30,35H2,1-6H3. The fourth-order valence-corrected chi connectivity index (χ4v) is 11.9. The van der Waals surface area contributed by atoms with Crippen LogP contribution in [0.2, 0.25) is 0 Å². The fourth-order valence-electron chi connectivity index (χ4n) is 11.9. The molecule has 2 aliphatic heterocycles. The molecule has 0 atom stereocenters. The van der Waals surface area contributed by atoms with E-state index in [0.717, 1.165) is 12.8 Å². The molecule has 0 saturated heterocycles. The van der Waals surface area contributed by atoms with Crippen LogP contribution >= 0.6 is 0 Å². The summed E-state index contributed by atoms with van der Waals surface area (Å²) in [5, 5.41) is 0. The molecule has 0 aromatic heterocycles. The van der Waals surface area contributed by atoms with E-state index in [4.69, 9.17) is 0 Å². The molecule has 12 rings (SSSR count). The molecule has 2 nitrogen and oxygen atoms in total. The van der Waals surface area contributed by atoms with Crippen LogP contribution < -0.4 is 26.2 Å². The van der Waals surface area contributed by atoms with Crippen molar-refractivity contribution in [2.24, 2.45) is 0 Å². The lowest BCUT2D eigenvalue weighted by Crippen LogP contribution is -2.61. The van der Waals surface area contributed by atoms with Crippen molar-refractivity contribution >= 4 is 57.2 Å². The van der Waals surface area contributed by atoms with Gasteiger partial charge in [-0.25, -0.2) is 0 Å². The predicted octanol–water partition coefficient (Wildman–Crippen LogP) is 13.3. The Hall–Kier alpha value is -6.58. The summed E-state index contributed by atoms with van der Waals surface area (Å²) in [6.07, 6.45) is 2.07. The van der Waals surface area contributed by atoms with Gasteiger partial charge in [-0.2, -0.15) is 0 Å². The first kappa shape index (κ1) is 36.3. The molecule has 61 heavy (non-hydrogen) atoms. The van der Waals surface area contributed by atoms with Gasteiger partial charge in [0.1, 0.15) is 0 Å². The Kier molecular flexibility index (Phi) is 7.71. The van der Waals surface area contributed by atoms with Crippen LogP contribution in [-0.4, -0.2) is 6.71 Å². The number of fused-ring (bicyclic) bond motifs is 8. The number of rotatable bonds is 4. The number of anilines is 6. The van der Waals surface area contributed by atoms with E-state index in [1.807, 2.05) is 0 Å². The first-order valence-electron chi connectivity index (χ1n) is 22.1. The highest BCUT2D eigenvalue weighted by Crippen LogP contribution is 2.54. The van der Waals surface area contributed by atoms with Crippen molar-refractivity contribution in [2.75, 3.05) is 9.80 Å². The third-order valence-corrected chi connectivity index (χ3v) is 14.4. The highest BCUT2D eigenvalue weighted by molar-refractivity contribution is 7.00. The van der Waals surface area contributed by atoms with Gasteiger partial charge in [0.15, 0.2) is 0 Å². The van der Waals surface area contributed by atoms with Gasteiger partial charge >= 0.3 is 0 Å². The van der Waals surface area contributed by atoms with E-state index < -0.39 is 0 Å². The minimum absolute atomic E-state index is 0.0261. The molecule has 0 amide bonds. The van der Waals surface area contributed by atoms with Gasteiger partial charge in [-0.05, 0) is 152 Å². The second kappa shape index (κ2) is 13.0. The van der Waals surface area contributed by atoms with Crippen molar-refractivity contribution in [2.45, 2.75) is 65.2 Å². The van der Waals surface area contributed by atoms with Crippen molar-refractivity contribution < 1.29 is 0 Å². The number of hydrogen-bond acceptors (Lipinski definition) is 2. The number of benzene rings is 8. The van der Waals surface area contributed by atoms with Gasteiger partial charge in [0.2, 0.25) is 0 Å². The first-order valence-corrected chi connectivity index (χ1v) is 22.1. The zero-order valence-electron chi connectivity index (χ0n) is 36.0. The van der Waals surface area contributed by atoms with Crippen LogP contribution in [0.5, 0.6) is 0 Å². The maximum absolute atomic E-state index is 2.65. The van der Waals surface area contributed by atoms with Gasteiger partial charge in [0.25, 0.3) is 6.71 Å². The topological polar surface area (TPSA) is 6.48 Å². The van der Waals surface area contributed by atoms with Gasteiger partial charge < -0.3 is 9.80 Å². The van der Waals surface area contributed by atoms with Crippen molar-refractivity contribution in [1.29, 1.82) is 0 Å². The highest BCUT2D eigenvalue weighted by Gasteiger charge is 2.48. The van der Waals surface area contributed by atoms with Gasteiger partial charge in [-0.15, -0.1) is 0 Å². The maximum Gasteiger partial charge on any atom is 0.252 e. The Labute approximate surface area is 361 Å². The van der Waals surface area contributed by atoms with Crippen LogP contribution in [0.3, 0.4) is 0 Å². The smallest absolute Gasteiger partial charge is 0.252 e. The summed E-state index contributed by atoms with van der Waals surface area (Å²) in [6, 6.07) is 62.3. The Bertz CT molecular complexity index is 3120. The SMILES string of the molecule is Cc1cc2c3c(c1)N(c1cccc4c1-c1ccccc1C4)c1ccc(-c4ccccc4)cc1B3c1cc3c(cc1N2c1cc(-c2ccccc2)ccc1C)C(C)(C)CC3(C)C. The average Bonchev–Trinajstić information content (AvgIpc) is 3.73. The monoisotopic (exact) mass is 784 g/mol. The molecule has 0 unspecified atom stereocenters. The summed E-state index contributed by atoms with van der Waals surface area (Å²) in [7, 11) is 0. The molecule has 0 fully saturated rings. The molecule has 8 aromatic rings. The lowest BCUT2D eigenvalue weighted by atomic mass is 9.33. The normalized spacial score (nSPS) is 15.7. The van der Waals surface area contributed by atoms with Crippen LogP contribution in [0.15, 0.2) is 164 Å². The van der Waals surface area contributed by atoms with Gasteiger partial charge in [-0.1, -0.05) is 155 Å². The maximum atomic E-state index is 2.65. The molecular weight excluding hydrogens is 735 g/mol. The molecule has 0 radical (unpaired) electrons. The molecule has 0 spiro atoms. The van der Waals surface area contributed by atoms with E-state index in [0.29, 0.717) is 0 Å². The van der Waals surface area contributed by atoms with Crippen LogP contribution in [0.25, 0.3) is 33.4 Å². The number of aryl methyl sites for hydroxylation is 2. The van der Waals surface area contributed by atoms with Crippen LogP contribution in [-0.2, 0) is 17.3 Å². The number of nitrogens with zero attached hydrogens (tertiary/aromatic N) is 2. The number of hydrogen-bond donors (Lipinski definition) is 0. The molecule has 3 heteroatoms. The Morgan fingerprint density at radius 3 is 1.75 bits per heavy atom. The van der Waals surface area contributed by atoms with Crippen LogP contribution in [0.1, 0.15) is 67.5 Å². The summed E-state index contributed by atoms with van der Waals surface area (Å²) in [6.45, 7) is 14.4. The Morgan fingerprint density at radius 1 is 0.443 bits per heavy atom. The summed E-state index contributed by atoms with van der Waals surface area (Å²) in [4.78, 5) is 5.28. The molecule has 2 aliphatic carbocycles. The fraction of sp³-hybridized carbons (Fsp3) is 0.172. The molecular formula is C58H49BN2.